The molecular weight excluding hydrogens is 320 g/mol. The molecule has 1 fully saturated rings. The number of pyridine rings is 1. The number of aryl methyl sites for hydroxylation is 1. The molecule has 0 spiro atoms. The molecule has 25 heavy (non-hydrogen) atoms. The summed E-state index contributed by atoms with van der Waals surface area (Å²) in [6.45, 7) is 2.68. The van der Waals surface area contributed by atoms with E-state index >= 15 is 0 Å². The summed E-state index contributed by atoms with van der Waals surface area (Å²) in [4.78, 5) is 30.4. The third-order valence-electron chi connectivity index (χ3n) is 5.09. The summed E-state index contributed by atoms with van der Waals surface area (Å²) >= 11 is 0. The minimum absolute atomic E-state index is 0.0320. The van der Waals surface area contributed by atoms with E-state index in [0.29, 0.717) is 18.8 Å². The van der Waals surface area contributed by atoms with E-state index in [1.165, 1.54) is 0 Å². The fourth-order valence-corrected chi connectivity index (χ4v) is 3.46. The van der Waals surface area contributed by atoms with E-state index < -0.39 is 11.6 Å². The Morgan fingerprint density at radius 1 is 1.28 bits per heavy atom. The number of hydrogen-bond donors (Lipinski definition) is 1. The normalized spacial score (nSPS) is 22.4. The lowest BCUT2D eigenvalue weighted by molar-refractivity contribution is -0.162. The predicted molar refractivity (Wildman–Crippen MR) is 92.3 cm³/mol. The molecule has 1 aromatic heterocycles. The number of hydrogen-bond acceptors (Lipinski definition) is 4. The van der Waals surface area contributed by atoms with Crippen molar-refractivity contribution >= 4 is 11.9 Å². The highest BCUT2D eigenvalue weighted by Gasteiger charge is 2.45. The maximum Gasteiger partial charge on any atom is 0.348 e. The molecule has 0 radical (unpaired) electrons. The number of aromatic nitrogens is 1. The van der Waals surface area contributed by atoms with Crippen molar-refractivity contribution < 1.29 is 19.4 Å². The van der Waals surface area contributed by atoms with Crippen molar-refractivity contribution in [1.82, 2.24) is 9.88 Å². The molecule has 1 aliphatic carbocycles. The fraction of sp³-hybridized carbons (Fsp3) is 0.526. The highest BCUT2D eigenvalue weighted by molar-refractivity contribution is 5.81. The van der Waals surface area contributed by atoms with Crippen LogP contribution in [0.25, 0.3) is 0 Å². The Morgan fingerprint density at radius 2 is 2.04 bits per heavy atom. The van der Waals surface area contributed by atoms with E-state index in [4.69, 9.17) is 4.74 Å². The highest BCUT2D eigenvalue weighted by atomic mass is 16.5. The van der Waals surface area contributed by atoms with Crippen LogP contribution in [0.15, 0.2) is 30.5 Å². The lowest BCUT2D eigenvalue weighted by Crippen LogP contribution is -2.55. The van der Waals surface area contributed by atoms with Crippen molar-refractivity contribution in [3.05, 3.63) is 36.2 Å². The van der Waals surface area contributed by atoms with Crippen molar-refractivity contribution in [2.24, 2.45) is 5.92 Å². The van der Waals surface area contributed by atoms with Crippen LogP contribution in [0.3, 0.4) is 0 Å². The molecule has 1 saturated heterocycles. The van der Waals surface area contributed by atoms with Gasteiger partial charge < -0.3 is 14.7 Å². The monoisotopic (exact) mass is 344 g/mol. The third kappa shape index (κ3) is 3.83. The van der Waals surface area contributed by atoms with Crippen LogP contribution in [0.4, 0.5) is 0 Å². The van der Waals surface area contributed by atoms with Crippen molar-refractivity contribution in [2.45, 2.75) is 44.6 Å². The number of amides is 1. The van der Waals surface area contributed by atoms with Crippen LogP contribution in [0, 0.1) is 12.8 Å². The zero-order chi connectivity index (χ0) is 17.9. The van der Waals surface area contributed by atoms with Gasteiger partial charge in [0.05, 0.1) is 6.20 Å². The Kier molecular flexibility index (Phi) is 5.06. The molecule has 1 unspecified atom stereocenters. The van der Waals surface area contributed by atoms with Gasteiger partial charge in [0.1, 0.15) is 5.75 Å². The summed E-state index contributed by atoms with van der Waals surface area (Å²) < 4.78 is 5.82. The molecular formula is C19H24N2O4. The van der Waals surface area contributed by atoms with Crippen molar-refractivity contribution in [2.75, 3.05) is 13.1 Å². The van der Waals surface area contributed by atoms with Gasteiger partial charge in [0.15, 0.2) is 0 Å². The molecule has 3 rings (SSSR count). The quantitative estimate of drug-likeness (QED) is 0.849. The first kappa shape index (κ1) is 17.5. The summed E-state index contributed by atoms with van der Waals surface area (Å²) in [6.07, 6.45) is 8.88. The van der Waals surface area contributed by atoms with Gasteiger partial charge in [-0.15, -0.1) is 0 Å². The van der Waals surface area contributed by atoms with Gasteiger partial charge in [0.25, 0.3) is 0 Å². The lowest BCUT2D eigenvalue weighted by Gasteiger charge is -2.40. The molecule has 1 aliphatic heterocycles. The summed E-state index contributed by atoms with van der Waals surface area (Å²) in [6, 6.07) is 3.53. The largest absolute Gasteiger partial charge is 0.478 e. The van der Waals surface area contributed by atoms with Gasteiger partial charge in [-0.25, -0.2) is 4.79 Å². The minimum Gasteiger partial charge on any atom is -0.478 e. The van der Waals surface area contributed by atoms with E-state index in [2.05, 4.69) is 17.1 Å². The number of rotatable bonds is 4. The first-order valence-electron chi connectivity index (χ1n) is 8.79. The fourth-order valence-electron chi connectivity index (χ4n) is 3.46. The average Bonchev–Trinajstić information content (AvgIpc) is 2.64. The topological polar surface area (TPSA) is 79.7 Å². The minimum atomic E-state index is -1.29. The molecule has 6 nitrogen and oxygen atoms in total. The third-order valence-corrected chi connectivity index (χ3v) is 5.09. The maximum atomic E-state index is 12.6. The molecule has 2 aliphatic rings. The number of carboxylic acid groups (broad SMARTS) is 1. The Balaban J connectivity index is 1.66. The summed E-state index contributed by atoms with van der Waals surface area (Å²) in [5, 5.41) is 9.72. The molecule has 0 bridgehead atoms. The summed E-state index contributed by atoms with van der Waals surface area (Å²) in [5.41, 5.74) is -0.445. The number of piperidine rings is 1. The van der Waals surface area contributed by atoms with Crippen LogP contribution in [0.2, 0.25) is 0 Å². The number of allylic oxidation sites excluding steroid dienone is 2. The number of ether oxygens (including phenoxy) is 1. The van der Waals surface area contributed by atoms with E-state index in [9.17, 15) is 14.7 Å². The Bertz CT molecular complexity index is 661. The SMILES string of the molecule is Cc1ccc(OC2(C(=O)O)CCN(C(=O)C3CC=CCC3)CC2)cn1. The van der Waals surface area contributed by atoms with Gasteiger partial charge in [-0.3, -0.25) is 9.78 Å². The van der Waals surface area contributed by atoms with Crippen molar-refractivity contribution in [3.8, 4) is 5.75 Å². The second kappa shape index (κ2) is 7.25. The molecule has 1 N–H and O–H groups in total. The molecule has 1 atom stereocenters. The van der Waals surface area contributed by atoms with E-state index in [0.717, 1.165) is 25.0 Å². The number of carbonyl (C=O) groups excluding carboxylic acids is 1. The average molecular weight is 344 g/mol. The molecule has 1 aromatic rings. The van der Waals surface area contributed by atoms with Crippen molar-refractivity contribution in [1.29, 1.82) is 0 Å². The van der Waals surface area contributed by atoms with E-state index in [1.807, 2.05) is 6.92 Å². The Hall–Kier alpha value is -2.37. The van der Waals surface area contributed by atoms with E-state index in [-0.39, 0.29) is 24.7 Å². The van der Waals surface area contributed by atoms with Crippen LogP contribution in [-0.4, -0.2) is 45.6 Å². The molecule has 2 heterocycles. The van der Waals surface area contributed by atoms with E-state index in [1.54, 1.807) is 23.2 Å². The number of aliphatic carboxylic acids is 1. The first-order chi connectivity index (χ1) is 12.0. The smallest absolute Gasteiger partial charge is 0.348 e. The second-order valence-electron chi connectivity index (χ2n) is 6.84. The first-order valence-corrected chi connectivity index (χ1v) is 8.79. The van der Waals surface area contributed by atoms with Crippen LogP contribution in [0.1, 0.15) is 37.8 Å². The molecule has 1 amide bonds. The highest BCUT2D eigenvalue weighted by Crippen LogP contribution is 2.31. The zero-order valence-corrected chi connectivity index (χ0v) is 14.5. The number of carbonyl (C=O) groups is 2. The number of nitrogens with zero attached hydrogens (tertiary/aromatic N) is 2. The Morgan fingerprint density at radius 3 is 2.60 bits per heavy atom. The molecule has 0 saturated carbocycles. The van der Waals surface area contributed by atoms with Gasteiger partial charge in [0, 0.05) is 37.5 Å². The Labute approximate surface area is 147 Å². The zero-order valence-electron chi connectivity index (χ0n) is 14.5. The van der Waals surface area contributed by atoms with Gasteiger partial charge in [0.2, 0.25) is 11.5 Å². The van der Waals surface area contributed by atoms with Crippen molar-refractivity contribution in [3.63, 3.8) is 0 Å². The summed E-state index contributed by atoms with van der Waals surface area (Å²) in [5.74, 6) is -0.365. The molecule has 0 aromatic carbocycles. The van der Waals surface area contributed by atoms with Crippen LogP contribution < -0.4 is 4.74 Å². The van der Waals surface area contributed by atoms with Crippen LogP contribution in [0.5, 0.6) is 5.75 Å². The molecule has 134 valence electrons. The predicted octanol–water partition coefficient (Wildman–Crippen LogP) is 2.57. The number of likely N-dealkylation sites (tertiary alicyclic amines) is 1. The van der Waals surface area contributed by atoms with Gasteiger partial charge >= 0.3 is 5.97 Å². The van der Waals surface area contributed by atoms with Gasteiger partial charge in [-0.1, -0.05) is 12.2 Å². The van der Waals surface area contributed by atoms with Gasteiger partial charge in [-0.05, 0) is 38.3 Å². The van der Waals surface area contributed by atoms with Gasteiger partial charge in [-0.2, -0.15) is 0 Å². The maximum absolute atomic E-state index is 12.6. The lowest BCUT2D eigenvalue weighted by atomic mass is 9.88. The van der Waals surface area contributed by atoms with Crippen LogP contribution >= 0.6 is 0 Å². The second-order valence-corrected chi connectivity index (χ2v) is 6.84. The van der Waals surface area contributed by atoms with Crippen LogP contribution in [-0.2, 0) is 9.59 Å². The number of carboxylic acids is 1. The summed E-state index contributed by atoms with van der Waals surface area (Å²) in [7, 11) is 0. The standard InChI is InChI=1S/C19H24N2O4/c1-14-7-8-16(13-20-14)25-19(18(23)24)9-11-21(12-10-19)17(22)15-5-3-2-4-6-15/h2-3,7-8,13,15H,4-6,9-12H2,1H3,(H,23,24). The molecule has 6 heteroatoms.